The lowest BCUT2D eigenvalue weighted by molar-refractivity contribution is 0.233. The van der Waals surface area contributed by atoms with Gasteiger partial charge in [-0.25, -0.2) is 4.98 Å². The van der Waals surface area contributed by atoms with Gasteiger partial charge in [0.1, 0.15) is 11.6 Å². The van der Waals surface area contributed by atoms with Gasteiger partial charge in [-0.3, -0.25) is 0 Å². The van der Waals surface area contributed by atoms with Gasteiger partial charge >= 0.3 is 0 Å². The van der Waals surface area contributed by atoms with Gasteiger partial charge in [-0.2, -0.15) is 4.98 Å². The molecule has 4 rings (SSSR count). The number of fused-ring (bicyclic) bond motifs is 1. The minimum absolute atomic E-state index is 0. The third-order valence-electron chi connectivity index (χ3n) is 4.57. The molecule has 0 spiro atoms. The Morgan fingerprint density at radius 1 is 0.871 bits per heavy atom. The largest absolute Gasteiger partial charge is 0.494 e. The van der Waals surface area contributed by atoms with Crippen LogP contribution in [0.2, 0.25) is 0 Å². The van der Waals surface area contributed by atoms with Gasteiger partial charge in [0.15, 0.2) is 0 Å². The highest BCUT2D eigenvalue weighted by molar-refractivity contribution is 5.92. The fourth-order valence-corrected chi connectivity index (χ4v) is 3.11. The molecule has 1 aromatic heterocycles. The van der Waals surface area contributed by atoms with Crippen LogP contribution < -0.4 is 15.4 Å². The molecule has 4 aromatic rings. The molecule has 1 heterocycles. The maximum absolute atomic E-state index is 8.85. The van der Waals surface area contributed by atoms with Crippen LogP contribution in [0.5, 0.6) is 5.75 Å². The summed E-state index contributed by atoms with van der Waals surface area (Å²) >= 11 is 0. The van der Waals surface area contributed by atoms with E-state index >= 15 is 0 Å². The predicted octanol–water partition coefficient (Wildman–Crippen LogP) is 5.61. The monoisotopic (exact) mass is 436 g/mol. The molecule has 6 nitrogen and oxygen atoms in total. The van der Waals surface area contributed by atoms with E-state index in [1.165, 1.54) is 5.56 Å². The second-order valence-electron chi connectivity index (χ2n) is 6.98. The van der Waals surface area contributed by atoms with Gasteiger partial charge in [-0.1, -0.05) is 24.3 Å². The Balaban J connectivity index is 0.00000272. The summed E-state index contributed by atoms with van der Waals surface area (Å²) in [5.41, 5.74) is 3.88. The molecule has 0 aliphatic carbocycles. The molecule has 7 heteroatoms. The number of halogens is 1. The van der Waals surface area contributed by atoms with E-state index < -0.39 is 0 Å². The second-order valence-corrected chi connectivity index (χ2v) is 6.98. The van der Waals surface area contributed by atoms with Gasteiger partial charge in [-0.05, 0) is 61.0 Å². The molecule has 0 aliphatic rings. The molecule has 0 radical (unpaired) electrons. The molecule has 31 heavy (non-hydrogen) atoms. The Labute approximate surface area is 187 Å². The standard InChI is InChI=1S/C24H24N4O2.ClH/c1-17-6-4-7-19(16-17)25-23-21-8-2-3-9-22(21)27-24(28-23)26-18-10-12-20(13-11-18)30-15-5-14-29;/h2-4,6-13,16,29H,5,14-15H2,1H3,(H2,25,26,27,28);1H. The Kier molecular flexibility index (Phi) is 7.65. The molecule has 160 valence electrons. The molecule has 0 saturated carbocycles. The molecule has 3 N–H and O–H groups in total. The lowest BCUT2D eigenvalue weighted by Gasteiger charge is -2.13. The number of anilines is 4. The van der Waals surface area contributed by atoms with Gasteiger partial charge < -0.3 is 20.5 Å². The van der Waals surface area contributed by atoms with E-state index in [0.717, 1.165) is 33.8 Å². The second kappa shape index (κ2) is 10.6. The van der Waals surface area contributed by atoms with Gasteiger partial charge in [0.05, 0.1) is 12.1 Å². The number of benzene rings is 3. The quantitative estimate of drug-likeness (QED) is 0.311. The van der Waals surface area contributed by atoms with E-state index in [9.17, 15) is 0 Å². The summed E-state index contributed by atoms with van der Waals surface area (Å²) in [6, 6.07) is 23.7. The first-order valence-corrected chi connectivity index (χ1v) is 9.92. The van der Waals surface area contributed by atoms with Crippen molar-refractivity contribution in [3.8, 4) is 5.75 Å². The van der Waals surface area contributed by atoms with Crippen LogP contribution in [0.15, 0.2) is 72.8 Å². The number of para-hydroxylation sites is 1. The summed E-state index contributed by atoms with van der Waals surface area (Å²) in [5.74, 6) is 2.02. The highest BCUT2D eigenvalue weighted by atomic mass is 35.5. The average Bonchev–Trinajstić information content (AvgIpc) is 2.75. The van der Waals surface area contributed by atoms with Crippen LogP contribution >= 0.6 is 12.4 Å². The van der Waals surface area contributed by atoms with Gasteiger partial charge in [-0.15, -0.1) is 12.4 Å². The van der Waals surface area contributed by atoms with Crippen LogP contribution in [0.1, 0.15) is 12.0 Å². The Hall–Kier alpha value is -3.35. The average molecular weight is 437 g/mol. The summed E-state index contributed by atoms with van der Waals surface area (Å²) in [7, 11) is 0. The zero-order chi connectivity index (χ0) is 20.8. The van der Waals surface area contributed by atoms with Crippen molar-refractivity contribution in [2.75, 3.05) is 23.8 Å². The van der Waals surface area contributed by atoms with Crippen LogP contribution in [-0.2, 0) is 0 Å². The zero-order valence-electron chi connectivity index (χ0n) is 17.2. The van der Waals surface area contributed by atoms with E-state index in [4.69, 9.17) is 14.8 Å². The maximum Gasteiger partial charge on any atom is 0.229 e. The minimum atomic E-state index is 0. The normalized spacial score (nSPS) is 10.4. The number of ether oxygens (including phenoxy) is 1. The Bertz CT molecular complexity index is 1140. The van der Waals surface area contributed by atoms with Gasteiger partial charge in [0, 0.05) is 29.8 Å². The topological polar surface area (TPSA) is 79.3 Å². The molecular formula is C24H25ClN4O2. The third-order valence-corrected chi connectivity index (χ3v) is 4.57. The van der Waals surface area contributed by atoms with Crippen molar-refractivity contribution in [2.45, 2.75) is 13.3 Å². The third kappa shape index (κ3) is 5.84. The molecule has 0 fully saturated rings. The van der Waals surface area contributed by atoms with Crippen LogP contribution in [0.3, 0.4) is 0 Å². The number of aromatic nitrogens is 2. The summed E-state index contributed by atoms with van der Waals surface area (Å²) in [4.78, 5) is 9.36. The number of aryl methyl sites for hydroxylation is 1. The molecule has 0 bridgehead atoms. The summed E-state index contributed by atoms with van der Waals surface area (Å²) < 4.78 is 5.58. The smallest absolute Gasteiger partial charge is 0.229 e. The van der Waals surface area contributed by atoms with Crippen molar-refractivity contribution in [2.24, 2.45) is 0 Å². The Morgan fingerprint density at radius 2 is 1.68 bits per heavy atom. The minimum Gasteiger partial charge on any atom is -0.494 e. The van der Waals surface area contributed by atoms with E-state index in [2.05, 4.69) is 34.7 Å². The number of aliphatic hydroxyl groups is 1. The van der Waals surface area contributed by atoms with E-state index in [0.29, 0.717) is 19.0 Å². The zero-order valence-corrected chi connectivity index (χ0v) is 18.0. The number of aliphatic hydroxyl groups excluding tert-OH is 1. The van der Waals surface area contributed by atoms with E-state index in [1.807, 2.05) is 60.7 Å². The first kappa shape index (κ1) is 22.3. The number of hydrogen-bond donors (Lipinski definition) is 3. The summed E-state index contributed by atoms with van der Waals surface area (Å²) in [6.45, 7) is 2.68. The predicted molar refractivity (Wildman–Crippen MR) is 128 cm³/mol. The van der Waals surface area contributed by atoms with Crippen molar-refractivity contribution < 1.29 is 9.84 Å². The molecule has 0 amide bonds. The molecule has 0 aliphatic heterocycles. The number of nitrogens with zero attached hydrogens (tertiary/aromatic N) is 2. The molecule has 0 saturated heterocycles. The first-order chi connectivity index (χ1) is 14.7. The summed E-state index contributed by atoms with van der Waals surface area (Å²) in [5, 5.41) is 16.5. The fraction of sp³-hybridized carbons (Fsp3) is 0.167. The molecule has 0 atom stereocenters. The number of hydrogen-bond acceptors (Lipinski definition) is 6. The summed E-state index contributed by atoms with van der Waals surface area (Å²) in [6.07, 6.45) is 0.613. The maximum atomic E-state index is 8.85. The molecular weight excluding hydrogens is 412 g/mol. The van der Waals surface area contributed by atoms with Gasteiger partial charge in [0.2, 0.25) is 5.95 Å². The van der Waals surface area contributed by atoms with Crippen molar-refractivity contribution in [3.63, 3.8) is 0 Å². The van der Waals surface area contributed by atoms with Crippen molar-refractivity contribution in [1.82, 2.24) is 9.97 Å². The highest BCUT2D eigenvalue weighted by Gasteiger charge is 2.09. The number of rotatable bonds is 8. The van der Waals surface area contributed by atoms with Crippen molar-refractivity contribution in [3.05, 3.63) is 78.4 Å². The van der Waals surface area contributed by atoms with E-state index in [-0.39, 0.29) is 19.0 Å². The van der Waals surface area contributed by atoms with Crippen molar-refractivity contribution in [1.29, 1.82) is 0 Å². The fourth-order valence-electron chi connectivity index (χ4n) is 3.11. The van der Waals surface area contributed by atoms with Crippen LogP contribution in [-0.4, -0.2) is 28.3 Å². The highest BCUT2D eigenvalue weighted by Crippen LogP contribution is 2.27. The van der Waals surface area contributed by atoms with E-state index in [1.54, 1.807) is 0 Å². The number of nitrogens with one attached hydrogen (secondary N) is 2. The SMILES string of the molecule is Cc1cccc(Nc2nc(Nc3ccc(OCCCO)cc3)nc3ccccc23)c1.Cl. The van der Waals surface area contributed by atoms with Gasteiger partial charge in [0.25, 0.3) is 0 Å². The lowest BCUT2D eigenvalue weighted by atomic mass is 10.2. The van der Waals surface area contributed by atoms with Crippen LogP contribution in [0, 0.1) is 6.92 Å². The van der Waals surface area contributed by atoms with Crippen LogP contribution in [0.4, 0.5) is 23.1 Å². The first-order valence-electron chi connectivity index (χ1n) is 9.92. The molecule has 3 aromatic carbocycles. The van der Waals surface area contributed by atoms with Crippen LogP contribution in [0.25, 0.3) is 10.9 Å². The van der Waals surface area contributed by atoms with Crippen molar-refractivity contribution >= 4 is 46.5 Å². The Morgan fingerprint density at radius 3 is 2.45 bits per heavy atom. The lowest BCUT2D eigenvalue weighted by Crippen LogP contribution is -2.03. The molecule has 0 unspecified atom stereocenters.